The van der Waals surface area contributed by atoms with Crippen LogP contribution in [0.25, 0.3) is 10.9 Å². The summed E-state index contributed by atoms with van der Waals surface area (Å²) in [6.07, 6.45) is 8.52. The number of aromatic nitrogens is 1. The van der Waals surface area contributed by atoms with Crippen LogP contribution < -0.4 is 10.0 Å². The van der Waals surface area contributed by atoms with Crippen molar-refractivity contribution < 1.29 is 13.2 Å². The molecule has 2 N–H and O–H groups in total. The Labute approximate surface area is 191 Å². The number of hydrogen-bond donors (Lipinski definition) is 2. The van der Waals surface area contributed by atoms with E-state index in [1.807, 2.05) is 12.1 Å². The quantitative estimate of drug-likeness (QED) is 0.678. The largest absolute Gasteiger partial charge is 0.353 e. The molecule has 174 valence electrons. The maximum absolute atomic E-state index is 12.9. The van der Waals surface area contributed by atoms with Crippen molar-refractivity contribution in [3.63, 3.8) is 0 Å². The molecular weight excluding hydrogens is 422 g/mol. The van der Waals surface area contributed by atoms with Crippen LogP contribution in [0.5, 0.6) is 0 Å². The lowest BCUT2D eigenvalue weighted by Crippen LogP contribution is -2.46. The number of sulfonamides is 1. The van der Waals surface area contributed by atoms with Gasteiger partial charge in [0.05, 0.1) is 5.52 Å². The molecule has 7 heteroatoms. The van der Waals surface area contributed by atoms with E-state index in [4.69, 9.17) is 0 Å². The van der Waals surface area contributed by atoms with Crippen LogP contribution in [0.4, 0.5) is 0 Å². The third kappa shape index (κ3) is 5.15. The zero-order chi connectivity index (χ0) is 22.7. The van der Waals surface area contributed by atoms with Gasteiger partial charge in [-0.3, -0.25) is 9.78 Å². The van der Waals surface area contributed by atoms with Gasteiger partial charge in [0.1, 0.15) is 4.90 Å². The molecule has 2 aromatic rings. The lowest BCUT2D eigenvalue weighted by atomic mass is 9.77. The van der Waals surface area contributed by atoms with Gasteiger partial charge in [0.25, 0.3) is 0 Å². The molecule has 1 aromatic heterocycles. The summed E-state index contributed by atoms with van der Waals surface area (Å²) in [6.45, 7) is 4.93. The van der Waals surface area contributed by atoms with Gasteiger partial charge in [-0.1, -0.05) is 44.9 Å². The Morgan fingerprint density at radius 1 is 1.03 bits per heavy atom. The van der Waals surface area contributed by atoms with Crippen LogP contribution in [0.2, 0.25) is 0 Å². The Kier molecular flexibility index (Phi) is 7.15. The number of fused-ring (bicyclic) bond motifs is 1. The Balaban J connectivity index is 1.29. The van der Waals surface area contributed by atoms with Crippen LogP contribution >= 0.6 is 0 Å². The van der Waals surface area contributed by atoms with E-state index in [-0.39, 0.29) is 22.6 Å². The normalized spacial score (nSPS) is 29.0. The number of carbonyl (C=O) groups is 1. The minimum Gasteiger partial charge on any atom is -0.353 e. The third-order valence-corrected chi connectivity index (χ3v) is 9.15. The molecule has 0 saturated heterocycles. The molecule has 0 spiro atoms. The van der Waals surface area contributed by atoms with E-state index in [2.05, 4.69) is 28.9 Å². The number of carbonyl (C=O) groups excluding carboxylic acids is 1. The van der Waals surface area contributed by atoms with Crippen molar-refractivity contribution in [1.29, 1.82) is 0 Å². The van der Waals surface area contributed by atoms with E-state index in [1.165, 1.54) is 12.8 Å². The molecule has 0 radical (unpaired) electrons. The molecule has 1 aromatic carbocycles. The number of rotatable bonds is 6. The van der Waals surface area contributed by atoms with Crippen LogP contribution in [0.1, 0.15) is 58.8 Å². The van der Waals surface area contributed by atoms with E-state index < -0.39 is 10.0 Å². The number of nitrogens with one attached hydrogen (secondary N) is 2. The topological polar surface area (TPSA) is 88.2 Å². The van der Waals surface area contributed by atoms with Crippen molar-refractivity contribution in [3.05, 3.63) is 36.5 Å². The van der Waals surface area contributed by atoms with Crippen molar-refractivity contribution >= 4 is 26.8 Å². The molecule has 1 heterocycles. The monoisotopic (exact) mass is 457 g/mol. The molecule has 32 heavy (non-hydrogen) atoms. The van der Waals surface area contributed by atoms with Crippen LogP contribution in [0, 0.1) is 23.7 Å². The number of amides is 1. The molecule has 2 aliphatic rings. The average Bonchev–Trinajstić information content (AvgIpc) is 2.80. The summed E-state index contributed by atoms with van der Waals surface area (Å²) in [5, 5.41) is 4.13. The second-order valence-electron chi connectivity index (χ2n) is 9.78. The predicted molar refractivity (Wildman–Crippen MR) is 126 cm³/mol. The molecular formula is C25H35N3O3S. The molecule has 0 unspecified atom stereocenters. The summed E-state index contributed by atoms with van der Waals surface area (Å²) in [5.41, 5.74) is 0.495. The van der Waals surface area contributed by atoms with E-state index in [9.17, 15) is 13.2 Å². The Morgan fingerprint density at radius 2 is 1.78 bits per heavy atom. The lowest BCUT2D eigenvalue weighted by molar-refractivity contribution is -0.127. The van der Waals surface area contributed by atoms with Gasteiger partial charge in [0.2, 0.25) is 15.9 Å². The minimum atomic E-state index is -3.64. The van der Waals surface area contributed by atoms with Crippen molar-refractivity contribution in [2.24, 2.45) is 23.7 Å². The maximum atomic E-state index is 12.9. The molecule has 2 fully saturated rings. The fourth-order valence-corrected chi connectivity index (χ4v) is 6.61. The highest BCUT2D eigenvalue weighted by molar-refractivity contribution is 7.89. The number of hydrogen-bond acceptors (Lipinski definition) is 4. The first-order valence-electron chi connectivity index (χ1n) is 12.0. The number of para-hydroxylation sites is 1. The van der Waals surface area contributed by atoms with Crippen LogP contribution in [-0.2, 0) is 14.8 Å². The highest BCUT2D eigenvalue weighted by Gasteiger charge is 2.32. The van der Waals surface area contributed by atoms with Gasteiger partial charge >= 0.3 is 0 Å². The van der Waals surface area contributed by atoms with Gasteiger partial charge in [-0.2, -0.15) is 0 Å². The zero-order valence-corrected chi connectivity index (χ0v) is 19.9. The first-order valence-corrected chi connectivity index (χ1v) is 13.5. The third-order valence-electron chi connectivity index (χ3n) is 7.70. The van der Waals surface area contributed by atoms with Gasteiger partial charge in [-0.15, -0.1) is 0 Å². The summed E-state index contributed by atoms with van der Waals surface area (Å²) in [5.74, 6) is 1.69. The van der Waals surface area contributed by atoms with Gasteiger partial charge < -0.3 is 5.32 Å². The van der Waals surface area contributed by atoms with Crippen LogP contribution in [-0.4, -0.2) is 31.9 Å². The number of nitrogens with zero attached hydrogens (tertiary/aromatic N) is 1. The van der Waals surface area contributed by atoms with Gasteiger partial charge in [0.15, 0.2) is 0 Å². The molecule has 6 nitrogen and oxygen atoms in total. The van der Waals surface area contributed by atoms with E-state index in [0.717, 1.165) is 37.5 Å². The van der Waals surface area contributed by atoms with Gasteiger partial charge in [0, 0.05) is 30.1 Å². The van der Waals surface area contributed by atoms with Crippen molar-refractivity contribution in [2.45, 2.75) is 69.7 Å². The fraction of sp³-hybridized carbons (Fsp3) is 0.600. The van der Waals surface area contributed by atoms with Crippen molar-refractivity contribution in [2.75, 3.05) is 6.54 Å². The summed E-state index contributed by atoms with van der Waals surface area (Å²) in [4.78, 5) is 17.3. The first kappa shape index (κ1) is 23.2. The fourth-order valence-electron chi connectivity index (χ4n) is 5.31. The van der Waals surface area contributed by atoms with Gasteiger partial charge in [-0.25, -0.2) is 13.1 Å². The van der Waals surface area contributed by atoms with E-state index in [0.29, 0.717) is 29.9 Å². The first-order chi connectivity index (χ1) is 15.3. The molecule has 0 aliphatic heterocycles. The summed E-state index contributed by atoms with van der Waals surface area (Å²) in [7, 11) is -3.64. The molecule has 0 bridgehead atoms. The van der Waals surface area contributed by atoms with E-state index >= 15 is 0 Å². The second kappa shape index (κ2) is 9.87. The molecule has 4 rings (SSSR count). The van der Waals surface area contributed by atoms with Crippen LogP contribution in [0.3, 0.4) is 0 Å². The zero-order valence-electron chi connectivity index (χ0n) is 19.1. The summed E-state index contributed by atoms with van der Waals surface area (Å²) in [6, 6.07) is 9.17. The molecule has 2 saturated carbocycles. The van der Waals surface area contributed by atoms with Crippen molar-refractivity contribution in [3.8, 4) is 0 Å². The highest BCUT2D eigenvalue weighted by Crippen LogP contribution is 2.32. The van der Waals surface area contributed by atoms with Gasteiger partial charge in [-0.05, 0) is 62.0 Å². The van der Waals surface area contributed by atoms with Crippen LogP contribution in [0.15, 0.2) is 41.4 Å². The minimum absolute atomic E-state index is 0.0505. The second-order valence-corrected chi connectivity index (χ2v) is 11.5. The Morgan fingerprint density at radius 3 is 2.56 bits per heavy atom. The average molecular weight is 458 g/mol. The maximum Gasteiger partial charge on any atom is 0.242 e. The predicted octanol–water partition coefficient (Wildman–Crippen LogP) is 4.26. The Hall–Kier alpha value is -1.99. The molecule has 3 atom stereocenters. The summed E-state index contributed by atoms with van der Waals surface area (Å²) >= 11 is 0. The standard InChI is InChI=1S/C25H35N3O3S/c1-17-6-3-9-22(18(17)2)28-25(29)21-13-11-19(12-14-21)16-27-32(30,31)23-10-4-7-20-8-5-15-26-24(20)23/h4-5,7-8,10,15,17-19,21-22,27H,3,6,9,11-14,16H2,1-2H3,(H,28,29)/t17-,18+,19?,21?,22+/m0/s1. The van der Waals surface area contributed by atoms with Crippen molar-refractivity contribution in [1.82, 2.24) is 15.0 Å². The number of pyridine rings is 1. The molecule has 1 amide bonds. The summed E-state index contributed by atoms with van der Waals surface area (Å²) < 4.78 is 28.6. The molecule has 2 aliphatic carbocycles. The highest BCUT2D eigenvalue weighted by atomic mass is 32.2. The SMILES string of the molecule is C[C@@H]1[C@@H](C)CCC[C@H]1NC(=O)C1CCC(CNS(=O)(=O)c2cccc3cccnc23)CC1. The van der Waals surface area contributed by atoms with E-state index in [1.54, 1.807) is 24.4 Å². The smallest absolute Gasteiger partial charge is 0.242 e. The number of benzene rings is 1. The lowest BCUT2D eigenvalue weighted by Gasteiger charge is -2.36. The Bertz CT molecular complexity index is 1040.